The van der Waals surface area contributed by atoms with Crippen LogP contribution in [0.15, 0.2) is 24.3 Å². The van der Waals surface area contributed by atoms with Crippen molar-refractivity contribution in [2.24, 2.45) is 5.92 Å². The lowest BCUT2D eigenvalue weighted by Crippen LogP contribution is -2.03. The first-order valence-corrected chi connectivity index (χ1v) is 5.90. The zero-order valence-electron chi connectivity index (χ0n) is 8.82. The van der Waals surface area contributed by atoms with Gasteiger partial charge < -0.3 is 4.57 Å². The Morgan fingerprint density at radius 2 is 2.25 bits per heavy atom. The fourth-order valence-electron chi connectivity index (χ4n) is 2.15. The number of aldehydes is 1. The Morgan fingerprint density at radius 1 is 1.44 bits per heavy atom. The van der Waals surface area contributed by atoms with Gasteiger partial charge in [-0.3, -0.25) is 4.79 Å². The van der Waals surface area contributed by atoms with Crippen molar-refractivity contribution in [3.05, 3.63) is 35.0 Å². The number of nitrogens with zero attached hydrogens (tertiary/aromatic N) is 1. The number of hydrogen-bond acceptors (Lipinski definition) is 1. The molecule has 1 aromatic heterocycles. The standard InChI is InChI=1S/C13H12ClNO/c14-12-3-1-2-10-6-11(8-16)15(13(10)12)7-9-4-5-9/h1-3,6,8-9H,4-5,7H2. The number of aromatic nitrogens is 1. The molecule has 1 aliphatic carbocycles. The highest BCUT2D eigenvalue weighted by molar-refractivity contribution is 6.35. The van der Waals surface area contributed by atoms with E-state index in [-0.39, 0.29) is 0 Å². The second-order valence-corrected chi connectivity index (χ2v) is 4.83. The van der Waals surface area contributed by atoms with Crippen molar-refractivity contribution >= 4 is 28.8 Å². The summed E-state index contributed by atoms with van der Waals surface area (Å²) in [5, 5.41) is 1.78. The molecule has 1 fully saturated rings. The van der Waals surface area contributed by atoms with Crippen molar-refractivity contribution < 1.29 is 4.79 Å². The highest BCUT2D eigenvalue weighted by Crippen LogP contribution is 2.34. The Hall–Kier alpha value is -1.28. The van der Waals surface area contributed by atoms with E-state index in [0.717, 1.165) is 40.4 Å². The lowest BCUT2D eigenvalue weighted by Gasteiger charge is -2.07. The van der Waals surface area contributed by atoms with Gasteiger partial charge in [-0.2, -0.15) is 0 Å². The highest BCUT2D eigenvalue weighted by atomic mass is 35.5. The molecule has 82 valence electrons. The van der Waals surface area contributed by atoms with Gasteiger partial charge in [0.2, 0.25) is 0 Å². The molecule has 0 N–H and O–H groups in total. The maximum Gasteiger partial charge on any atom is 0.166 e. The monoisotopic (exact) mass is 233 g/mol. The van der Waals surface area contributed by atoms with Crippen molar-refractivity contribution in [3.8, 4) is 0 Å². The lowest BCUT2D eigenvalue weighted by molar-refractivity contribution is 0.111. The number of hydrogen-bond donors (Lipinski definition) is 0. The highest BCUT2D eigenvalue weighted by Gasteiger charge is 2.24. The van der Waals surface area contributed by atoms with Gasteiger partial charge in [-0.1, -0.05) is 23.7 Å². The molecule has 1 heterocycles. The largest absolute Gasteiger partial charge is 0.337 e. The van der Waals surface area contributed by atoms with Crippen LogP contribution in [0.3, 0.4) is 0 Å². The van der Waals surface area contributed by atoms with Gasteiger partial charge in [0.05, 0.1) is 16.2 Å². The Bertz CT molecular complexity index is 554. The van der Waals surface area contributed by atoms with Crippen LogP contribution >= 0.6 is 11.6 Å². The number of benzene rings is 1. The molecule has 0 aliphatic heterocycles. The quantitative estimate of drug-likeness (QED) is 0.744. The van der Waals surface area contributed by atoms with Crippen LogP contribution in [0.1, 0.15) is 23.3 Å². The van der Waals surface area contributed by atoms with Gasteiger partial charge in [0.1, 0.15) is 0 Å². The third kappa shape index (κ3) is 1.54. The Labute approximate surface area is 98.8 Å². The lowest BCUT2D eigenvalue weighted by atomic mass is 10.2. The molecule has 1 aliphatic rings. The minimum Gasteiger partial charge on any atom is -0.337 e. The minimum atomic E-state index is 0.727. The van der Waals surface area contributed by atoms with Gasteiger partial charge in [-0.05, 0) is 30.9 Å². The topological polar surface area (TPSA) is 22.0 Å². The van der Waals surface area contributed by atoms with Crippen molar-refractivity contribution in [1.82, 2.24) is 4.57 Å². The summed E-state index contributed by atoms with van der Waals surface area (Å²) in [5.74, 6) is 0.727. The van der Waals surface area contributed by atoms with E-state index in [1.807, 2.05) is 24.3 Å². The molecule has 2 aromatic rings. The SMILES string of the molecule is O=Cc1cc2cccc(Cl)c2n1CC1CC1. The van der Waals surface area contributed by atoms with Crippen LogP contribution in [0.5, 0.6) is 0 Å². The number of para-hydroxylation sites is 1. The van der Waals surface area contributed by atoms with Crippen molar-refractivity contribution in [1.29, 1.82) is 0 Å². The summed E-state index contributed by atoms with van der Waals surface area (Å²) in [6, 6.07) is 7.71. The number of halogens is 1. The van der Waals surface area contributed by atoms with E-state index in [1.165, 1.54) is 12.8 Å². The van der Waals surface area contributed by atoms with Gasteiger partial charge in [-0.15, -0.1) is 0 Å². The molecule has 3 heteroatoms. The third-order valence-corrected chi connectivity index (χ3v) is 3.47. The van der Waals surface area contributed by atoms with Crippen LogP contribution in [0.2, 0.25) is 5.02 Å². The molecule has 0 spiro atoms. The van der Waals surface area contributed by atoms with Crippen LogP contribution in [0.4, 0.5) is 0 Å². The number of fused-ring (bicyclic) bond motifs is 1. The minimum absolute atomic E-state index is 0.727. The predicted octanol–water partition coefficient (Wildman–Crippen LogP) is 3.52. The molecule has 0 bridgehead atoms. The molecule has 0 unspecified atom stereocenters. The first-order valence-electron chi connectivity index (χ1n) is 5.52. The van der Waals surface area contributed by atoms with Gasteiger partial charge in [0, 0.05) is 11.9 Å². The fourth-order valence-corrected chi connectivity index (χ4v) is 2.44. The Balaban J connectivity index is 2.23. The molecule has 2 nitrogen and oxygen atoms in total. The summed E-state index contributed by atoms with van der Waals surface area (Å²) in [7, 11) is 0. The molecule has 0 amide bonds. The Kier molecular flexibility index (Phi) is 2.25. The molecule has 1 aromatic carbocycles. The van der Waals surface area contributed by atoms with E-state index < -0.39 is 0 Å². The Morgan fingerprint density at radius 3 is 2.94 bits per heavy atom. The summed E-state index contributed by atoms with van der Waals surface area (Å²) < 4.78 is 2.06. The fraction of sp³-hybridized carbons (Fsp3) is 0.308. The van der Waals surface area contributed by atoms with E-state index >= 15 is 0 Å². The maximum atomic E-state index is 11.0. The first kappa shape index (κ1) is 9.91. The number of carbonyl (C=O) groups excluding carboxylic acids is 1. The van der Waals surface area contributed by atoms with Gasteiger partial charge >= 0.3 is 0 Å². The molecule has 0 saturated heterocycles. The van der Waals surface area contributed by atoms with E-state index in [4.69, 9.17) is 11.6 Å². The molecule has 16 heavy (non-hydrogen) atoms. The number of carbonyl (C=O) groups is 1. The summed E-state index contributed by atoms with van der Waals surface area (Å²) in [6.07, 6.45) is 3.45. The van der Waals surface area contributed by atoms with Crippen LogP contribution in [0, 0.1) is 5.92 Å². The van der Waals surface area contributed by atoms with E-state index in [2.05, 4.69) is 4.57 Å². The molecular formula is C13H12ClNO. The summed E-state index contributed by atoms with van der Waals surface area (Å²) in [4.78, 5) is 11.0. The summed E-state index contributed by atoms with van der Waals surface area (Å²) in [5.41, 5.74) is 1.73. The number of rotatable bonds is 3. The van der Waals surface area contributed by atoms with Crippen molar-refractivity contribution in [2.45, 2.75) is 19.4 Å². The molecule has 3 rings (SSSR count). The average molecular weight is 234 g/mol. The van der Waals surface area contributed by atoms with Crippen molar-refractivity contribution in [2.75, 3.05) is 0 Å². The van der Waals surface area contributed by atoms with Crippen LogP contribution in [-0.4, -0.2) is 10.9 Å². The molecule has 1 saturated carbocycles. The smallest absolute Gasteiger partial charge is 0.166 e. The maximum absolute atomic E-state index is 11.0. The summed E-state index contributed by atoms with van der Waals surface area (Å²) >= 11 is 6.20. The predicted molar refractivity (Wildman–Crippen MR) is 65.1 cm³/mol. The van der Waals surface area contributed by atoms with E-state index in [1.54, 1.807) is 0 Å². The summed E-state index contributed by atoms with van der Waals surface area (Å²) in [6.45, 7) is 0.918. The normalized spacial score (nSPS) is 15.6. The molecule has 0 radical (unpaired) electrons. The third-order valence-electron chi connectivity index (χ3n) is 3.16. The second-order valence-electron chi connectivity index (χ2n) is 4.42. The zero-order chi connectivity index (χ0) is 11.1. The van der Waals surface area contributed by atoms with Crippen LogP contribution in [0.25, 0.3) is 10.9 Å². The van der Waals surface area contributed by atoms with Gasteiger partial charge in [0.15, 0.2) is 6.29 Å². The van der Waals surface area contributed by atoms with Gasteiger partial charge in [-0.25, -0.2) is 0 Å². The average Bonchev–Trinajstić information content (AvgIpc) is 3.00. The van der Waals surface area contributed by atoms with Crippen LogP contribution in [-0.2, 0) is 6.54 Å². The molecule has 0 atom stereocenters. The van der Waals surface area contributed by atoms with Crippen molar-refractivity contribution in [3.63, 3.8) is 0 Å². The van der Waals surface area contributed by atoms with Crippen LogP contribution < -0.4 is 0 Å². The van der Waals surface area contributed by atoms with Gasteiger partial charge in [0.25, 0.3) is 0 Å². The zero-order valence-corrected chi connectivity index (χ0v) is 9.57. The first-order chi connectivity index (χ1) is 7.79. The second kappa shape index (κ2) is 3.63. The molecular weight excluding hydrogens is 222 g/mol. The van der Waals surface area contributed by atoms with E-state index in [0.29, 0.717) is 0 Å². The van der Waals surface area contributed by atoms with E-state index in [9.17, 15) is 4.79 Å².